The normalized spacial score (nSPS) is 16.9. The first-order valence-corrected chi connectivity index (χ1v) is 7.59. The highest BCUT2D eigenvalue weighted by atomic mass is 16.6. The molecule has 0 saturated carbocycles. The van der Waals surface area contributed by atoms with Crippen LogP contribution in [0, 0.1) is 0 Å². The molecule has 20 heavy (non-hydrogen) atoms. The van der Waals surface area contributed by atoms with Crippen LogP contribution >= 0.6 is 0 Å². The Labute approximate surface area is 121 Å². The number of carbonyl (C=O) groups excluding carboxylic acids is 1. The first-order chi connectivity index (χ1) is 9.60. The molecular weight excluding hydrogens is 252 g/mol. The molecule has 0 aromatic heterocycles. The Morgan fingerprint density at radius 1 is 1.20 bits per heavy atom. The van der Waals surface area contributed by atoms with E-state index in [1.807, 2.05) is 19.9 Å². The van der Waals surface area contributed by atoms with Gasteiger partial charge in [0, 0.05) is 0 Å². The molecule has 1 aromatic rings. The highest BCUT2D eigenvalue weighted by Gasteiger charge is 2.19. The zero-order chi connectivity index (χ0) is 14.5. The summed E-state index contributed by atoms with van der Waals surface area (Å²) in [6.45, 7) is 5.63. The summed E-state index contributed by atoms with van der Waals surface area (Å²) in [6, 6.07) is 6.15. The van der Waals surface area contributed by atoms with Crippen molar-refractivity contribution in [3.63, 3.8) is 0 Å². The minimum atomic E-state index is -0.564. The maximum absolute atomic E-state index is 11.9. The van der Waals surface area contributed by atoms with Gasteiger partial charge in [-0.2, -0.15) is 0 Å². The predicted molar refractivity (Wildman–Crippen MR) is 79.0 cm³/mol. The van der Waals surface area contributed by atoms with E-state index in [4.69, 9.17) is 9.47 Å². The molecule has 0 radical (unpaired) electrons. The summed E-state index contributed by atoms with van der Waals surface area (Å²) < 4.78 is 11.0. The molecule has 1 aromatic carbocycles. The highest BCUT2D eigenvalue weighted by molar-refractivity contribution is 5.74. The lowest BCUT2D eigenvalue weighted by Crippen LogP contribution is -2.29. The Morgan fingerprint density at radius 2 is 1.90 bits per heavy atom. The standard InChI is InChI=1S/C17H24O3/c1-4-12(2)19-17(18)13(3)20-16-10-9-14-7-5-6-8-15(14)11-16/h9-13H,4-8H2,1-3H3. The van der Waals surface area contributed by atoms with Crippen LogP contribution in [0.15, 0.2) is 18.2 Å². The summed E-state index contributed by atoms with van der Waals surface area (Å²) in [7, 11) is 0. The van der Waals surface area contributed by atoms with Crippen LogP contribution in [0.2, 0.25) is 0 Å². The van der Waals surface area contributed by atoms with Crippen molar-refractivity contribution in [1.82, 2.24) is 0 Å². The van der Waals surface area contributed by atoms with Crippen molar-refractivity contribution < 1.29 is 14.3 Å². The molecule has 3 heteroatoms. The van der Waals surface area contributed by atoms with E-state index in [1.165, 1.54) is 24.0 Å². The molecule has 2 rings (SSSR count). The number of carbonyl (C=O) groups is 1. The van der Waals surface area contributed by atoms with Crippen LogP contribution in [-0.2, 0) is 22.4 Å². The summed E-state index contributed by atoms with van der Waals surface area (Å²) >= 11 is 0. The average Bonchev–Trinajstić information content (AvgIpc) is 2.46. The Kier molecular flexibility index (Phi) is 5.05. The van der Waals surface area contributed by atoms with Crippen molar-refractivity contribution in [3.8, 4) is 5.75 Å². The molecule has 0 saturated heterocycles. The van der Waals surface area contributed by atoms with Crippen molar-refractivity contribution >= 4 is 5.97 Å². The van der Waals surface area contributed by atoms with Crippen LogP contribution in [0.5, 0.6) is 5.75 Å². The smallest absolute Gasteiger partial charge is 0.347 e. The van der Waals surface area contributed by atoms with Gasteiger partial charge in [-0.05, 0) is 69.2 Å². The molecular formula is C17H24O3. The van der Waals surface area contributed by atoms with E-state index in [0.29, 0.717) is 0 Å². The van der Waals surface area contributed by atoms with Gasteiger partial charge in [0.05, 0.1) is 6.10 Å². The molecule has 0 fully saturated rings. The van der Waals surface area contributed by atoms with Gasteiger partial charge < -0.3 is 9.47 Å². The number of hydrogen-bond acceptors (Lipinski definition) is 3. The third-order valence-electron chi connectivity index (χ3n) is 3.86. The van der Waals surface area contributed by atoms with Crippen molar-refractivity contribution in [2.24, 2.45) is 0 Å². The highest BCUT2D eigenvalue weighted by Crippen LogP contribution is 2.26. The minimum absolute atomic E-state index is 0.0583. The summed E-state index contributed by atoms with van der Waals surface area (Å²) in [5.74, 6) is 0.469. The first kappa shape index (κ1) is 14.9. The van der Waals surface area contributed by atoms with Crippen LogP contribution in [0.1, 0.15) is 51.2 Å². The molecule has 0 aliphatic heterocycles. The van der Waals surface area contributed by atoms with Crippen LogP contribution in [0.25, 0.3) is 0 Å². The molecule has 2 unspecified atom stereocenters. The van der Waals surface area contributed by atoms with E-state index < -0.39 is 6.10 Å². The molecule has 1 aliphatic carbocycles. The van der Waals surface area contributed by atoms with Gasteiger partial charge >= 0.3 is 5.97 Å². The Balaban J connectivity index is 1.97. The average molecular weight is 276 g/mol. The number of rotatable bonds is 5. The van der Waals surface area contributed by atoms with Crippen LogP contribution < -0.4 is 4.74 Å². The molecule has 0 N–H and O–H groups in total. The van der Waals surface area contributed by atoms with E-state index in [9.17, 15) is 4.79 Å². The number of benzene rings is 1. The van der Waals surface area contributed by atoms with Crippen LogP contribution in [-0.4, -0.2) is 18.2 Å². The second kappa shape index (κ2) is 6.78. The molecule has 1 aliphatic rings. The van der Waals surface area contributed by atoms with Crippen LogP contribution in [0.3, 0.4) is 0 Å². The molecule has 0 heterocycles. The lowest BCUT2D eigenvalue weighted by molar-refractivity contribution is -0.155. The second-order valence-electron chi connectivity index (χ2n) is 5.55. The number of ether oxygens (including phenoxy) is 2. The van der Waals surface area contributed by atoms with E-state index in [0.717, 1.165) is 25.0 Å². The van der Waals surface area contributed by atoms with Crippen molar-refractivity contribution in [3.05, 3.63) is 29.3 Å². The number of aryl methyl sites for hydroxylation is 2. The van der Waals surface area contributed by atoms with E-state index >= 15 is 0 Å². The van der Waals surface area contributed by atoms with Crippen LogP contribution in [0.4, 0.5) is 0 Å². The number of fused-ring (bicyclic) bond motifs is 1. The zero-order valence-electron chi connectivity index (χ0n) is 12.6. The monoisotopic (exact) mass is 276 g/mol. The second-order valence-corrected chi connectivity index (χ2v) is 5.55. The summed E-state index contributed by atoms with van der Waals surface area (Å²) in [5, 5.41) is 0. The molecule has 110 valence electrons. The quantitative estimate of drug-likeness (QED) is 0.770. The third-order valence-corrected chi connectivity index (χ3v) is 3.86. The van der Waals surface area contributed by atoms with Gasteiger partial charge in [0.15, 0.2) is 6.10 Å². The largest absolute Gasteiger partial charge is 0.479 e. The molecule has 2 atom stereocenters. The van der Waals surface area contributed by atoms with Crippen molar-refractivity contribution in [1.29, 1.82) is 0 Å². The van der Waals surface area contributed by atoms with E-state index in [-0.39, 0.29) is 12.1 Å². The fourth-order valence-corrected chi connectivity index (χ4v) is 2.41. The molecule has 0 amide bonds. The fourth-order valence-electron chi connectivity index (χ4n) is 2.41. The summed E-state index contributed by atoms with van der Waals surface area (Å²) in [4.78, 5) is 11.9. The minimum Gasteiger partial charge on any atom is -0.479 e. The Morgan fingerprint density at radius 3 is 2.60 bits per heavy atom. The van der Waals surface area contributed by atoms with E-state index in [2.05, 4.69) is 12.1 Å². The van der Waals surface area contributed by atoms with Crippen molar-refractivity contribution in [2.45, 2.75) is 65.1 Å². The topological polar surface area (TPSA) is 35.5 Å². The van der Waals surface area contributed by atoms with E-state index in [1.54, 1.807) is 6.92 Å². The maximum Gasteiger partial charge on any atom is 0.347 e. The van der Waals surface area contributed by atoms with Gasteiger partial charge in [0.2, 0.25) is 0 Å². The predicted octanol–water partition coefficient (Wildman–Crippen LogP) is 3.67. The van der Waals surface area contributed by atoms with Gasteiger partial charge in [-0.15, -0.1) is 0 Å². The lowest BCUT2D eigenvalue weighted by atomic mass is 9.92. The maximum atomic E-state index is 11.9. The van der Waals surface area contributed by atoms with Gasteiger partial charge in [0.25, 0.3) is 0 Å². The fraction of sp³-hybridized carbons (Fsp3) is 0.588. The molecule has 3 nitrogen and oxygen atoms in total. The van der Waals surface area contributed by atoms with Gasteiger partial charge in [-0.1, -0.05) is 13.0 Å². The van der Waals surface area contributed by atoms with Gasteiger partial charge in [0.1, 0.15) is 5.75 Å². The number of esters is 1. The molecule has 0 spiro atoms. The lowest BCUT2D eigenvalue weighted by Gasteiger charge is -2.19. The van der Waals surface area contributed by atoms with Gasteiger partial charge in [-0.3, -0.25) is 0 Å². The molecule has 0 bridgehead atoms. The summed E-state index contributed by atoms with van der Waals surface area (Å²) in [6.07, 6.45) is 4.96. The van der Waals surface area contributed by atoms with Gasteiger partial charge in [-0.25, -0.2) is 4.79 Å². The summed E-state index contributed by atoms with van der Waals surface area (Å²) in [5.41, 5.74) is 2.77. The van der Waals surface area contributed by atoms with Crippen molar-refractivity contribution in [2.75, 3.05) is 0 Å². The number of hydrogen-bond donors (Lipinski definition) is 0. The third kappa shape index (κ3) is 3.75. The first-order valence-electron chi connectivity index (χ1n) is 7.59. The Bertz CT molecular complexity index is 467. The Hall–Kier alpha value is -1.51. The zero-order valence-corrected chi connectivity index (χ0v) is 12.6. The SMILES string of the molecule is CCC(C)OC(=O)C(C)Oc1ccc2c(c1)CCCC2.